The molecule has 0 saturated carbocycles. The van der Waals surface area contributed by atoms with E-state index in [1.54, 1.807) is 24.3 Å². The standard InChI is InChI=1S/C49H55Cl2N13O7/c1-8-63-31(17-25(3)58-63)45-54-41(50)37-29-19-27(43(52)65)21-33(67-7)39(29)61(47(37)56-45)23-35-36(71-49(5,6)70-35)24-62-40-30(38-42(51)55-46(57-48(38)62)32-18-26(4)59-64(32)9-2)20-28(44(53)66)22-34(40)69-14-10-11-60-12-15-68-16-13-60/h17-22,35-36H,8-16,23-24H2,1-7H3,(H2,52,65)(H2,53,66). The van der Waals surface area contributed by atoms with Crippen molar-refractivity contribution in [1.82, 2.24) is 53.5 Å². The molecule has 20 nitrogen and oxygen atoms in total. The van der Waals surface area contributed by atoms with Gasteiger partial charge in [-0.1, -0.05) is 23.2 Å². The number of primary amides is 2. The van der Waals surface area contributed by atoms with Crippen molar-refractivity contribution in [2.75, 3.05) is 46.6 Å². The van der Waals surface area contributed by atoms with E-state index in [2.05, 4.69) is 15.1 Å². The highest BCUT2D eigenvalue weighted by molar-refractivity contribution is 6.37. The third-order valence-corrected chi connectivity index (χ3v) is 13.6. The molecular weight excluding hydrogens is 954 g/mol. The van der Waals surface area contributed by atoms with Crippen LogP contribution in [0.25, 0.3) is 66.9 Å². The second-order valence-electron chi connectivity index (χ2n) is 18.3. The number of fused-ring (bicyclic) bond motifs is 6. The molecule has 10 rings (SSSR count). The van der Waals surface area contributed by atoms with E-state index in [9.17, 15) is 9.59 Å². The van der Waals surface area contributed by atoms with E-state index < -0.39 is 29.8 Å². The number of halogens is 2. The molecule has 2 atom stereocenters. The SMILES string of the molecule is CCn1nc(C)cc1-c1nc(Cl)c2c3cc(C(N)=O)cc(OC)c3n(CC3OC(C)(C)OC3Cn3c4nc(-c5cc(C)nn5CC)nc(Cl)c4c4cc(C(N)=O)cc(OCCCN5CCOCC5)c43)c2n1. The summed E-state index contributed by atoms with van der Waals surface area (Å²) in [5, 5.41) is 11.7. The van der Waals surface area contributed by atoms with Gasteiger partial charge in [-0.15, -0.1) is 0 Å². The fourth-order valence-corrected chi connectivity index (χ4v) is 10.5. The van der Waals surface area contributed by atoms with Gasteiger partial charge >= 0.3 is 0 Å². The first-order valence-electron chi connectivity index (χ1n) is 23.6. The summed E-state index contributed by atoms with van der Waals surface area (Å²) in [6.07, 6.45) is -0.651. The molecule has 0 radical (unpaired) electrons. The summed E-state index contributed by atoms with van der Waals surface area (Å²) >= 11 is 14.4. The molecule has 2 fully saturated rings. The Bertz CT molecular complexity index is 3410. The number of carbonyl (C=O) groups is 2. The Morgan fingerprint density at radius 2 is 1.21 bits per heavy atom. The average molecular weight is 1010 g/mol. The molecule has 0 bridgehead atoms. The van der Waals surface area contributed by atoms with Crippen molar-refractivity contribution in [3.05, 3.63) is 69.2 Å². The third kappa shape index (κ3) is 8.90. The summed E-state index contributed by atoms with van der Waals surface area (Å²) in [7, 11) is 1.52. The Labute approximate surface area is 418 Å². The number of hydrogen-bond acceptors (Lipinski definition) is 14. The van der Waals surface area contributed by atoms with Crippen LogP contribution in [0.2, 0.25) is 10.3 Å². The molecule has 2 unspecified atom stereocenters. The van der Waals surface area contributed by atoms with Crippen molar-refractivity contribution in [3.63, 3.8) is 0 Å². The van der Waals surface area contributed by atoms with Gasteiger partial charge in [0.15, 0.2) is 17.4 Å². The lowest BCUT2D eigenvalue weighted by atomic mass is 10.1. The normalized spacial score (nSPS) is 17.4. The van der Waals surface area contributed by atoms with Gasteiger partial charge in [0.1, 0.15) is 56.7 Å². The molecule has 2 aromatic carbocycles. The van der Waals surface area contributed by atoms with E-state index in [0.29, 0.717) is 118 Å². The Morgan fingerprint density at radius 3 is 1.68 bits per heavy atom. The zero-order valence-electron chi connectivity index (χ0n) is 40.6. The van der Waals surface area contributed by atoms with Crippen molar-refractivity contribution in [2.45, 2.75) is 92.1 Å². The maximum Gasteiger partial charge on any atom is 0.248 e. The van der Waals surface area contributed by atoms with E-state index in [1.165, 1.54) is 7.11 Å². The number of aryl methyl sites for hydroxylation is 4. The molecular formula is C49H55Cl2N13O7. The lowest BCUT2D eigenvalue weighted by Gasteiger charge is -2.26. The van der Waals surface area contributed by atoms with E-state index in [4.69, 9.17) is 78.3 Å². The number of aromatic nitrogens is 10. The van der Waals surface area contributed by atoms with Gasteiger partial charge in [0, 0.05) is 54.6 Å². The maximum atomic E-state index is 13.0. The van der Waals surface area contributed by atoms with Gasteiger partial charge in [-0.2, -0.15) is 10.2 Å². The van der Waals surface area contributed by atoms with Crippen LogP contribution in [0.15, 0.2) is 36.4 Å². The Kier molecular flexibility index (Phi) is 12.9. The third-order valence-electron chi connectivity index (χ3n) is 13.1. The molecule has 2 amide bonds. The Hall–Kier alpha value is -6.42. The lowest BCUT2D eigenvalue weighted by Crippen LogP contribution is -2.37. The van der Waals surface area contributed by atoms with Crippen molar-refractivity contribution in [2.24, 2.45) is 11.5 Å². The van der Waals surface area contributed by atoms with E-state index in [-0.39, 0.29) is 34.5 Å². The van der Waals surface area contributed by atoms with Crippen LogP contribution in [0.4, 0.5) is 0 Å². The number of amides is 2. The van der Waals surface area contributed by atoms with Gasteiger partial charge < -0.3 is 44.3 Å². The summed E-state index contributed by atoms with van der Waals surface area (Å²) in [5.41, 5.74) is 17.4. The molecule has 0 spiro atoms. The summed E-state index contributed by atoms with van der Waals surface area (Å²) < 4.78 is 39.5. The van der Waals surface area contributed by atoms with Gasteiger partial charge in [0.05, 0.1) is 73.2 Å². The van der Waals surface area contributed by atoms with Crippen LogP contribution in [-0.2, 0) is 40.4 Å². The molecule has 8 aromatic rings. The highest BCUT2D eigenvalue weighted by atomic mass is 35.5. The smallest absolute Gasteiger partial charge is 0.248 e. The summed E-state index contributed by atoms with van der Waals surface area (Å²) in [6.45, 7) is 17.1. The van der Waals surface area contributed by atoms with Gasteiger partial charge in [0.25, 0.3) is 0 Å². The Morgan fingerprint density at radius 1 is 0.732 bits per heavy atom. The molecule has 2 aliphatic rings. The number of morpholine rings is 1. The fourth-order valence-electron chi connectivity index (χ4n) is 10.0. The first kappa shape index (κ1) is 48.2. The largest absolute Gasteiger partial charge is 0.495 e. The number of methoxy groups -OCH3 is 1. The topological polar surface area (TPSA) is 233 Å². The number of nitrogens with two attached hydrogens (primary N) is 2. The molecule has 6 aromatic heterocycles. The van der Waals surface area contributed by atoms with Crippen LogP contribution in [0.5, 0.6) is 11.5 Å². The van der Waals surface area contributed by atoms with E-state index in [0.717, 1.165) is 31.0 Å². The predicted octanol–water partition coefficient (Wildman–Crippen LogP) is 6.70. The summed E-state index contributed by atoms with van der Waals surface area (Å²) in [6, 6.07) is 10.5. The van der Waals surface area contributed by atoms with Crippen molar-refractivity contribution in [3.8, 4) is 34.5 Å². The van der Waals surface area contributed by atoms with Gasteiger partial charge in [0.2, 0.25) is 11.8 Å². The van der Waals surface area contributed by atoms with Crippen LogP contribution in [0.1, 0.15) is 66.2 Å². The second-order valence-corrected chi connectivity index (χ2v) is 19.0. The minimum absolute atomic E-state index is 0.156. The summed E-state index contributed by atoms with van der Waals surface area (Å²) in [5.74, 6) is -0.879. The highest BCUT2D eigenvalue weighted by Gasteiger charge is 2.43. The highest BCUT2D eigenvalue weighted by Crippen LogP contribution is 2.44. The van der Waals surface area contributed by atoms with Crippen molar-refractivity contribution < 1.29 is 33.3 Å². The van der Waals surface area contributed by atoms with Crippen LogP contribution < -0.4 is 20.9 Å². The van der Waals surface area contributed by atoms with Gasteiger partial charge in [-0.25, -0.2) is 19.9 Å². The zero-order valence-corrected chi connectivity index (χ0v) is 42.1. The second kappa shape index (κ2) is 19.0. The van der Waals surface area contributed by atoms with Gasteiger partial charge in [-0.3, -0.25) is 23.9 Å². The quantitative estimate of drug-likeness (QED) is 0.0758. The average Bonchev–Trinajstić information content (AvgIpc) is 4.14. The fraction of sp³-hybridized carbons (Fsp3) is 0.429. The van der Waals surface area contributed by atoms with Crippen LogP contribution in [-0.4, -0.2) is 130 Å². The number of ether oxygens (including phenoxy) is 5. The van der Waals surface area contributed by atoms with Crippen LogP contribution in [0.3, 0.4) is 0 Å². The lowest BCUT2D eigenvalue weighted by molar-refractivity contribution is -0.147. The monoisotopic (exact) mass is 1010 g/mol. The minimum Gasteiger partial charge on any atom is -0.495 e. The Balaban J connectivity index is 1.15. The van der Waals surface area contributed by atoms with Crippen LogP contribution >= 0.6 is 23.2 Å². The summed E-state index contributed by atoms with van der Waals surface area (Å²) in [4.78, 5) is 48.1. The van der Waals surface area contributed by atoms with Crippen LogP contribution in [0, 0.1) is 13.8 Å². The maximum absolute atomic E-state index is 13.0. The van der Waals surface area contributed by atoms with E-state index in [1.807, 2.05) is 72.2 Å². The molecule has 2 aliphatic heterocycles. The number of carbonyl (C=O) groups excluding carboxylic acids is 2. The van der Waals surface area contributed by atoms with Crippen molar-refractivity contribution >= 4 is 78.9 Å². The molecule has 2 saturated heterocycles. The van der Waals surface area contributed by atoms with Gasteiger partial charge in [-0.05, 0) is 84.4 Å². The molecule has 71 heavy (non-hydrogen) atoms. The minimum atomic E-state index is -1.08. The number of benzene rings is 2. The van der Waals surface area contributed by atoms with Crippen molar-refractivity contribution in [1.29, 1.82) is 0 Å². The van der Waals surface area contributed by atoms with E-state index >= 15 is 0 Å². The number of nitrogens with zero attached hydrogens (tertiary/aromatic N) is 11. The first-order chi connectivity index (χ1) is 34.1. The molecule has 4 N–H and O–H groups in total. The number of hydrogen-bond donors (Lipinski definition) is 2. The predicted molar refractivity (Wildman–Crippen MR) is 268 cm³/mol. The zero-order chi connectivity index (χ0) is 50.0. The molecule has 8 heterocycles. The molecule has 372 valence electrons. The first-order valence-corrected chi connectivity index (χ1v) is 24.4. The molecule has 22 heteroatoms. The number of rotatable bonds is 16. The molecule has 0 aliphatic carbocycles.